The van der Waals surface area contributed by atoms with Crippen molar-refractivity contribution >= 4 is 0 Å². The predicted molar refractivity (Wildman–Crippen MR) is 68.1 cm³/mol. The lowest BCUT2D eigenvalue weighted by Gasteiger charge is -2.47. The van der Waals surface area contributed by atoms with Crippen molar-refractivity contribution in [1.82, 2.24) is 0 Å². The van der Waals surface area contributed by atoms with Gasteiger partial charge in [-0.3, -0.25) is 4.74 Å². The molecule has 2 saturated carbocycles. The fourth-order valence-electron chi connectivity index (χ4n) is 3.23. The molecule has 1 nitrogen and oxygen atoms in total. The average Bonchev–Trinajstić information content (AvgIpc) is 2.76. The van der Waals surface area contributed by atoms with Crippen molar-refractivity contribution in [3.05, 3.63) is 0 Å². The zero-order valence-electron chi connectivity index (χ0n) is 17.2. The fourth-order valence-corrected chi connectivity index (χ4v) is 3.23. The highest BCUT2D eigenvalue weighted by Crippen LogP contribution is 2.75. The largest absolute Gasteiger partial charge is 0.384 e. The molecule has 0 radical (unpaired) electrons. The highest BCUT2D eigenvalue weighted by Gasteiger charge is 3.07. The molecule has 0 saturated heterocycles. The molecule has 0 bridgehead atoms. The summed E-state index contributed by atoms with van der Waals surface area (Å²) < 4.78 is 358. The summed E-state index contributed by atoms with van der Waals surface area (Å²) in [6.07, 6.45) is 0. The van der Waals surface area contributed by atoms with Crippen LogP contribution in [0.15, 0.2) is 0 Å². The molecule has 0 amide bonds. The van der Waals surface area contributed by atoms with Crippen molar-refractivity contribution in [3.63, 3.8) is 0 Å². The van der Waals surface area contributed by atoms with Crippen LogP contribution in [-0.4, -0.2) is 82.8 Å². The lowest BCUT2D eigenvalue weighted by atomic mass is 9.92. The van der Waals surface area contributed by atoms with Crippen LogP contribution < -0.4 is 0 Å². The van der Waals surface area contributed by atoms with Crippen molar-refractivity contribution in [2.45, 2.75) is 82.8 Å². The van der Waals surface area contributed by atoms with E-state index < -0.39 is 82.8 Å². The maximum absolute atomic E-state index is 14.7. The summed E-state index contributed by atoms with van der Waals surface area (Å²) in [5.74, 6) is -129. The van der Waals surface area contributed by atoms with E-state index in [1.54, 1.807) is 0 Å². The SMILES string of the molecule is FC1(F)C(F)(F)C(F)(F)C(F)(F)C(F)(OC2(F)C(F)(F)C(F)(F)C(F)(F)C(F)(F)C(F)(F)C2(F)F)C(F)(F)C1(F)F. The van der Waals surface area contributed by atoms with Crippen molar-refractivity contribution < 1.29 is 119 Å². The third kappa shape index (κ3) is 2.94. The Balaban J connectivity index is 3.24. The van der Waals surface area contributed by atoms with E-state index in [9.17, 15) is 114 Å². The van der Waals surface area contributed by atoms with Gasteiger partial charge in [0.1, 0.15) is 0 Å². The van der Waals surface area contributed by atoms with E-state index in [1.807, 2.05) is 0 Å². The first-order chi connectivity index (χ1) is 17.2. The van der Waals surface area contributed by atoms with Gasteiger partial charge in [0.05, 0.1) is 0 Å². The molecule has 0 aliphatic heterocycles. The molecule has 0 heterocycles. The van der Waals surface area contributed by atoms with E-state index in [2.05, 4.69) is 0 Å². The van der Waals surface area contributed by atoms with Crippen molar-refractivity contribution in [2.24, 2.45) is 0 Å². The van der Waals surface area contributed by atoms with Crippen LogP contribution in [-0.2, 0) is 4.74 Å². The highest BCUT2D eigenvalue weighted by molar-refractivity contribution is 5.28. The average molecular weight is 678 g/mol. The molecule has 0 aromatic carbocycles. The van der Waals surface area contributed by atoms with E-state index in [1.165, 1.54) is 0 Å². The summed E-state index contributed by atoms with van der Waals surface area (Å²) in [7, 11) is 0. The van der Waals surface area contributed by atoms with E-state index in [4.69, 9.17) is 0 Å². The minimum atomic E-state index is -9.57. The third-order valence-corrected chi connectivity index (χ3v) is 5.84. The van der Waals surface area contributed by atoms with Gasteiger partial charge in [-0.2, -0.15) is 114 Å². The van der Waals surface area contributed by atoms with Crippen LogP contribution in [0.25, 0.3) is 0 Å². The molecule has 2 fully saturated rings. The third-order valence-electron chi connectivity index (χ3n) is 5.84. The molecule has 27 heteroatoms. The fraction of sp³-hybridized carbons (Fsp3) is 1.00. The number of halogens is 26. The number of alkyl halides is 26. The van der Waals surface area contributed by atoms with Crippen LogP contribution in [0, 0.1) is 0 Å². The Bertz CT molecular complexity index is 922. The van der Waals surface area contributed by atoms with Gasteiger partial charge < -0.3 is 0 Å². The molecule has 0 spiro atoms. The van der Waals surface area contributed by atoms with Crippen LogP contribution in [0.2, 0.25) is 0 Å². The Morgan fingerprint density at radius 1 is 0.171 bits per heavy atom. The maximum atomic E-state index is 14.7. The van der Waals surface area contributed by atoms with Crippen LogP contribution in [0.5, 0.6) is 0 Å². The van der Waals surface area contributed by atoms with Gasteiger partial charge in [0.25, 0.3) is 0 Å². The summed E-state index contributed by atoms with van der Waals surface area (Å²) in [6, 6.07) is 0. The minimum absolute atomic E-state index is 0.857. The first-order valence-electron chi connectivity index (χ1n) is 8.82. The molecule has 244 valence electrons. The van der Waals surface area contributed by atoms with Crippen LogP contribution >= 0.6 is 0 Å². The van der Waals surface area contributed by atoms with Gasteiger partial charge in [-0.25, -0.2) is 0 Å². The topological polar surface area (TPSA) is 9.23 Å². The van der Waals surface area contributed by atoms with Crippen LogP contribution in [0.3, 0.4) is 0 Å². The number of rotatable bonds is 2. The second kappa shape index (κ2) is 7.61. The van der Waals surface area contributed by atoms with Crippen molar-refractivity contribution in [3.8, 4) is 0 Å². The van der Waals surface area contributed by atoms with Gasteiger partial charge in [0, 0.05) is 0 Å². The summed E-state index contributed by atoms with van der Waals surface area (Å²) >= 11 is 0. The van der Waals surface area contributed by atoms with Crippen LogP contribution in [0.1, 0.15) is 0 Å². The molecule has 0 aromatic heterocycles. The summed E-state index contributed by atoms with van der Waals surface area (Å²) in [5, 5.41) is 0. The Labute approximate surface area is 203 Å². The lowest BCUT2D eigenvalue weighted by Crippen LogP contribution is -2.77. The van der Waals surface area contributed by atoms with Crippen molar-refractivity contribution in [2.75, 3.05) is 0 Å². The van der Waals surface area contributed by atoms with Gasteiger partial charge in [-0.1, -0.05) is 0 Å². The van der Waals surface area contributed by atoms with Gasteiger partial charge in [0.15, 0.2) is 0 Å². The molecular weight excluding hydrogens is 678 g/mol. The molecule has 2 aliphatic rings. The first-order valence-corrected chi connectivity index (χ1v) is 8.82. The van der Waals surface area contributed by atoms with E-state index >= 15 is 0 Å². The van der Waals surface area contributed by atoms with Gasteiger partial charge >= 0.3 is 82.8 Å². The van der Waals surface area contributed by atoms with Crippen LogP contribution in [0.4, 0.5) is 114 Å². The summed E-state index contributed by atoms with van der Waals surface area (Å²) in [5.41, 5.74) is 0. The molecule has 0 unspecified atom stereocenters. The van der Waals surface area contributed by atoms with E-state index in [-0.39, 0.29) is 0 Å². The number of hydrogen-bond acceptors (Lipinski definition) is 1. The molecular formula is C14F26O. The summed E-state index contributed by atoms with van der Waals surface area (Å²) in [6.45, 7) is 0. The van der Waals surface area contributed by atoms with Gasteiger partial charge in [0.2, 0.25) is 0 Å². The zero-order chi connectivity index (χ0) is 33.7. The number of ether oxygens (including phenoxy) is 1. The Kier molecular flexibility index (Phi) is 6.56. The lowest BCUT2D eigenvalue weighted by molar-refractivity contribution is -0.520. The normalized spacial score (nSPS) is 35.0. The monoisotopic (exact) mass is 678 g/mol. The van der Waals surface area contributed by atoms with Crippen molar-refractivity contribution in [1.29, 1.82) is 0 Å². The van der Waals surface area contributed by atoms with E-state index in [0.717, 1.165) is 4.74 Å². The van der Waals surface area contributed by atoms with E-state index in [0.29, 0.717) is 0 Å². The highest BCUT2D eigenvalue weighted by atomic mass is 19.4. The second-order valence-corrected chi connectivity index (χ2v) is 8.19. The standard InChI is InChI=1S/C14F26O/c15-1(16)2(17,18)6(25,26)10(33,34)13(39,9(31,32)5(1,23)24)41-14(40)11(35,36)7(27,28)3(19,20)4(21,22)8(29,30)12(14,37)38. The molecule has 2 aliphatic carbocycles. The molecule has 0 atom stereocenters. The Hall–Kier alpha value is -1.86. The van der Waals surface area contributed by atoms with Gasteiger partial charge in [-0.05, 0) is 0 Å². The Morgan fingerprint density at radius 2 is 0.268 bits per heavy atom. The second-order valence-electron chi connectivity index (χ2n) is 8.19. The molecule has 0 N–H and O–H groups in total. The molecule has 0 aromatic rings. The first kappa shape index (κ1) is 35.3. The maximum Gasteiger partial charge on any atom is 0.384 e. The quantitative estimate of drug-likeness (QED) is 0.213. The van der Waals surface area contributed by atoms with Gasteiger partial charge in [-0.15, -0.1) is 0 Å². The molecule has 2 rings (SSSR count). The number of hydrogen-bond donors (Lipinski definition) is 0. The molecule has 41 heavy (non-hydrogen) atoms. The zero-order valence-corrected chi connectivity index (χ0v) is 17.2. The minimum Gasteiger partial charge on any atom is -0.288 e. The smallest absolute Gasteiger partial charge is 0.288 e. The predicted octanol–water partition coefficient (Wildman–Crippen LogP) is 7.99. The Morgan fingerprint density at radius 3 is 0.390 bits per heavy atom. The summed E-state index contributed by atoms with van der Waals surface area (Å²) in [4.78, 5) is 0.